The van der Waals surface area contributed by atoms with Crippen molar-refractivity contribution in [3.63, 3.8) is 0 Å². The Morgan fingerprint density at radius 2 is 1.77 bits per heavy atom. The largest absolute Gasteiger partial charge is 0.398 e. The van der Waals surface area contributed by atoms with E-state index in [0.717, 1.165) is 0 Å². The fraction of sp³-hybridized carbons (Fsp3) is 0. The lowest BCUT2D eigenvalue weighted by Gasteiger charge is -2.00. The summed E-state index contributed by atoms with van der Waals surface area (Å²) in [5.41, 5.74) is 6.47. The molecule has 0 atom stereocenters. The summed E-state index contributed by atoms with van der Waals surface area (Å²) in [7, 11) is 0. The molecule has 4 nitrogen and oxygen atoms in total. The van der Waals surface area contributed by atoms with Gasteiger partial charge in [-0.1, -0.05) is 0 Å². The van der Waals surface area contributed by atoms with Crippen LogP contribution >= 0.6 is 15.9 Å². The predicted octanol–water partition coefficient (Wildman–Crippen LogP) is 0.915. The number of fused-ring (bicyclic) bond motifs is 1. The van der Waals surface area contributed by atoms with E-state index in [1.165, 1.54) is 0 Å². The number of amides is 2. The van der Waals surface area contributed by atoms with Crippen LogP contribution in [0, 0.1) is 0 Å². The van der Waals surface area contributed by atoms with Crippen LogP contribution < -0.4 is 11.1 Å². The highest BCUT2D eigenvalue weighted by molar-refractivity contribution is 9.10. The van der Waals surface area contributed by atoms with Gasteiger partial charge in [0.2, 0.25) is 0 Å². The van der Waals surface area contributed by atoms with Crippen LogP contribution in [-0.2, 0) is 0 Å². The minimum Gasteiger partial charge on any atom is -0.398 e. The first-order valence-corrected chi connectivity index (χ1v) is 4.34. The second kappa shape index (κ2) is 2.56. The number of benzene rings is 1. The van der Waals surface area contributed by atoms with Gasteiger partial charge >= 0.3 is 0 Å². The SMILES string of the molecule is Nc1ccc(Br)c2c1C(=O)NC2=O. The Hall–Kier alpha value is -1.36. The first-order valence-electron chi connectivity index (χ1n) is 3.55. The van der Waals surface area contributed by atoms with Gasteiger partial charge in [-0.2, -0.15) is 0 Å². The zero-order valence-corrected chi connectivity index (χ0v) is 8.01. The maximum Gasteiger partial charge on any atom is 0.261 e. The molecule has 0 unspecified atom stereocenters. The quantitative estimate of drug-likeness (QED) is 0.523. The van der Waals surface area contributed by atoms with Crippen molar-refractivity contribution in [3.05, 3.63) is 27.7 Å². The van der Waals surface area contributed by atoms with Crippen LogP contribution in [-0.4, -0.2) is 11.8 Å². The Balaban J connectivity index is 2.81. The fourth-order valence-electron chi connectivity index (χ4n) is 1.29. The summed E-state index contributed by atoms with van der Waals surface area (Å²) in [5, 5.41) is 2.18. The Morgan fingerprint density at radius 3 is 2.38 bits per heavy atom. The minimum absolute atomic E-state index is 0.263. The van der Waals surface area contributed by atoms with Gasteiger partial charge < -0.3 is 5.73 Å². The molecule has 1 aromatic rings. The van der Waals surface area contributed by atoms with Crippen LogP contribution in [0.4, 0.5) is 5.69 Å². The van der Waals surface area contributed by atoms with Crippen LogP contribution in [0.5, 0.6) is 0 Å². The molecular weight excluding hydrogens is 236 g/mol. The molecule has 0 fully saturated rings. The molecule has 1 aliphatic rings. The summed E-state index contributed by atoms with van der Waals surface area (Å²) in [4.78, 5) is 22.4. The van der Waals surface area contributed by atoms with Gasteiger partial charge in [0.05, 0.1) is 11.1 Å². The third-order valence-corrected chi connectivity index (χ3v) is 2.53. The van der Waals surface area contributed by atoms with Gasteiger partial charge in [-0.05, 0) is 28.1 Å². The summed E-state index contributed by atoms with van der Waals surface area (Å²) in [6.45, 7) is 0. The average molecular weight is 241 g/mol. The molecule has 2 amide bonds. The Morgan fingerprint density at radius 1 is 1.15 bits per heavy atom. The van der Waals surface area contributed by atoms with Gasteiger partial charge in [-0.3, -0.25) is 14.9 Å². The monoisotopic (exact) mass is 240 g/mol. The molecule has 0 bridgehead atoms. The van der Waals surface area contributed by atoms with E-state index >= 15 is 0 Å². The van der Waals surface area contributed by atoms with Crippen LogP contribution in [0.25, 0.3) is 0 Å². The number of carbonyl (C=O) groups excluding carboxylic acids is 2. The van der Waals surface area contributed by atoms with Crippen LogP contribution in [0.2, 0.25) is 0 Å². The van der Waals surface area contributed by atoms with Gasteiger partial charge in [-0.15, -0.1) is 0 Å². The van der Waals surface area contributed by atoms with E-state index in [1.54, 1.807) is 12.1 Å². The van der Waals surface area contributed by atoms with Crippen molar-refractivity contribution >= 4 is 33.4 Å². The lowest BCUT2D eigenvalue weighted by atomic mass is 10.1. The van der Waals surface area contributed by atoms with Crippen molar-refractivity contribution in [2.75, 3.05) is 5.73 Å². The molecule has 5 heteroatoms. The summed E-state index contributed by atoms with van der Waals surface area (Å²) in [6.07, 6.45) is 0. The topological polar surface area (TPSA) is 72.2 Å². The van der Waals surface area contributed by atoms with Crippen molar-refractivity contribution in [2.24, 2.45) is 0 Å². The number of rotatable bonds is 0. The number of nitrogens with two attached hydrogens (primary N) is 1. The number of hydrogen-bond donors (Lipinski definition) is 2. The van der Waals surface area contributed by atoms with Gasteiger partial charge in [0.1, 0.15) is 0 Å². The maximum absolute atomic E-state index is 11.2. The average Bonchev–Trinajstić information content (AvgIpc) is 2.36. The third kappa shape index (κ3) is 1.04. The zero-order valence-electron chi connectivity index (χ0n) is 6.43. The second-order valence-corrected chi connectivity index (χ2v) is 3.52. The number of imide groups is 1. The molecule has 0 spiro atoms. The highest BCUT2D eigenvalue weighted by Crippen LogP contribution is 2.28. The molecule has 0 saturated heterocycles. The number of hydrogen-bond acceptors (Lipinski definition) is 3. The first kappa shape index (κ1) is 8.25. The van der Waals surface area contributed by atoms with E-state index in [2.05, 4.69) is 21.2 Å². The fourth-order valence-corrected chi connectivity index (χ4v) is 1.80. The molecule has 0 radical (unpaired) electrons. The lowest BCUT2D eigenvalue weighted by Crippen LogP contribution is -2.20. The minimum atomic E-state index is -0.432. The zero-order chi connectivity index (χ0) is 9.59. The molecule has 66 valence electrons. The summed E-state index contributed by atoms with van der Waals surface area (Å²) in [5.74, 6) is -0.835. The van der Waals surface area contributed by atoms with Crippen molar-refractivity contribution in [1.29, 1.82) is 0 Å². The standard InChI is InChI=1S/C8H5BrN2O2/c9-3-1-2-4(10)6-5(3)7(12)11-8(6)13/h1-2H,10H2,(H,11,12,13). The number of nitrogens with one attached hydrogen (secondary N) is 1. The van der Waals surface area contributed by atoms with Gasteiger partial charge in [-0.25, -0.2) is 0 Å². The Labute approximate surface area is 82.2 Å². The summed E-state index contributed by atoms with van der Waals surface area (Å²) in [6, 6.07) is 3.23. The molecule has 1 heterocycles. The summed E-state index contributed by atoms with van der Waals surface area (Å²) >= 11 is 3.18. The molecule has 13 heavy (non-hydrogen) atoms. The Bertz CT molecular complexity index is 389. The van der Waals surface area contributed by atoms with Crippen LogP contribution in [0.1, 0.15) is 20.7 Å². The van der Waals surface area contributed by atoms with E-state index in [0.29, 0.717) is 15.7 Å². The van der Waals surface area contributed by atoms with Crippen molar-refractivity contribution in [3.8, 4) is 0 Å². The smallest absolute Gasteiger partial charge is 0.261 e. The normalized spacial score (nSPS) is 14.2. The van der Waals surface area contributed by atoms with Crippen LogP contribution in [0.15, 0.2) is 16.6 Å². The van der Waals surface area contributed by atoms with E-state index in [4.69, 9.17) is 5.73 Å². The second-order valence-electron chi connectivity index (χ2n) is 2.67. The van der Waals surface area contributed by atoms with Crippen molar-refractivity contribution in [2.45, 2.75) is 0 Å². The number of anilines is 1. The third-order valence-electron chi connectivity index (χ3n) is 1.87. The molecule has 1 aliphatic heterocycles. The van der Waals surface area contributed by atoms with Gasteiger partial charge in [0, 0.05) is 10.2 Å². The number of carbonyl (C=O) groups is 2. The molecule has 2 rings (SSSR count). The van der Waals surface area contributed by atoms with Crippen molar-refractivity contribution in [1.82, 2.24) is 5.32 Å². The number of nitrogen functional groups attached to an aromatic ring is 1. The molecule has 1 aromatic carbocycles. The Kier molecular flexibility index (Phi) is 1.63. The predicted molar refractivity (Wildman–Crippen MR) is 50.4 cm³/mol. The summed E-state index contributed by atoms with van der Waals surface area (Å²) < 4.78 is 0.583. The molecule has 0 aromatic heterocycles. The lowest BCUT2D eigenvalue weighted by molar-refractivity contribution is 0.0880. The van der Waals surface area contributed by atoms with E-state index < -0.39 is 11.8 Å². The molecule has 3 N–H and O–H groups in total. The van der Waals surface area contributed by atoms with Crippen molar-refractivity contribution < 1.29 is 9.59 Å². The van der Waals surface area contributed by atoms with Gasteiger partial charge in [0.25, 0.3) is 11.8 Å². The van der Waals surface area contributed by atoms with E-state index in [1.807, 2.05) is 0 Å². The van der Waals surface area contributed by atoms with E-state index in [-0.39, 0.29) is 5.56 Å². The number of halogens is 1. The highest BCUT2D eigenvalue weighted by atomic mass is 79.9. The first-order chi connectivity index (χ1) is 6.11. The maximum atomic E-state index is 11.2. The molecule has 0 aliphatic carbocycles. The molecular formula is C8H5BrN2O2. The van der Waals surface area contributed by atoms with Crippen LogP contribution in [0.3, 0.4) is 0 Å². The highest BCUT2D eigenvalue weighted by Gasteiger charge is 2.30. The van der Waals surface area contributed by atoms with E-state index in [9.17, 15) is 9.59 Å². The molecule has 0 saturated carbocycles. The van der Waals surface area contributed by atoms with Gasteiger partial charge in [0.15, 0.2) is 0 Å².